The maximum atomic E-state index is 12.4. The number of amides is 1. The standard InChI is InChI=1S/C16H17N5O3S/c1-21-10-2-3-15(21)20-25(23,24)13-6-4-12(5-7-13)19-16(22)14-11-17-8-9-18-14/h4-9,11H,2-3,10H2,1H3,(H,19,22)/b20-15+. The van der Waals surface area contributed by atoms with Crippen LogP contribution in [0.1, 0.15) is 23.3 Å². The van der Waals surface area contributed by atoms with E-state index in [0.29, 0.717) is 17.9 Å². The van der Waals surface area contributed by atoms with Gasteiger partial charge >= 0.3 is 0 Å². The zero-order valence-electron chi connectivity index (χ0n) is 13.6. The molecule has 1 aliphatic heterocycles. The summed E-state index contributed by atoms with van der Waals surface area (Å²) in [6.07, 6.45) is 5.80. The molecular formula is C16H17N5O3S. The molecule has 1 aromatic heterocycles. The summed E-state index contributed by atoms with van der Waals surface area (Å²) in [5.74, 6) is 0.150. The van der Waals surface area contributed by atoms with Crippen molar-refractivity contribution in [2.75, 3.05) is 18.9 Å². The van der Waals surface area contributed by atoms with Gasteiger partial charge in [-0.2, -0.15) is 8.42 Å². The van der Waals surface area contributed by atoms with E-state index in [2.05, 4.69) is 19.7 Å². The van der Waals surface area contributed by atoms with Gasteiger partial charge in [0.25, 0.3) is 15.9 Å². The van der Waals surface area contributed by atoms with Crippen LogP contribution in [0.3, 0.4) is 0 Å². The molecule has 2 aromatic rings. The van der Waals surface area contributed by atoms with Gasteiger partial charge in [-0.1, -0.05) is 0 Å². The summed E-state index contributed by atoms with van der Waals surface area (Å²) in [7, 11) is -1.94. The molecule has 0 spiro atoms. The normalized spacial score (nSPS) is 16.2. The van der Waals surface area contributed by atoms with Crippen molar-refractivity contribution in [1.29, 1.82) is 0 Å². The number of amidine groups is 1. The third kappa shape index (κ3) is 4.00. The average Bonchev–Trinajstić information content (AvgIpc) is 3.00. The van der Waals surface area contributed by atoms with Crippen molar-refractivity contribution in [3.63, 3.8) is 0 Å². The molecule has 0 unspecified atom stereocenters. The zero-order valence-corrected chi connectivity index (χ0v) is 14.4. The second-order valence-corrected chi connectivity index (χ2v) is 7.18. The van der Waals surface area contributed by atoms with Crippen molar-refractivity contribution in [3.05, 3.63) is 48.5 Å². The summed E-state index contributed by atoms with van der Waals surface area (Å²) in [4.78, 5) is 21.7. The summed E-state index contributed by atoms with van der Waals surface area (Å²) in [6.45, 7) is 0.807. The number of nitrogens with zero attached hydrogens (tertiary/aromatic N) is 4. The van der Waals surface area contributed by atoms with E-state index < -0.39 is 15.9 Å². The van der Waals surface area contributed by atoms with Gasteiger partial charge in [0.05, 0.1) is 11.1 Å². The molecule has 8 nitrogen and oxygen atoms in total. The number of sulfonamides is 1. The molecule has 0 atom stereocenters. The Bertz CT molecular complexity index is 895. The van der Waals surface area contributed by atoms with E-state index in [1.54, 1.807) is 0 Å². The van der Waals surface area contributed by atoms with Crippen molar-refractivity contribution < 1.29 is 13.2 Å². The number of hydrogen-bond acceptors (Lipinski definition) is 5. The van der Waals surface area contributed by atoms with Gasteiger partial charge in [0, 0.05) is 38.1 Å². The number of hydrogen-bond donors (Lipinski definition) is 1. The van der Waals surface area contributed by atoms with E-state index in [9.17, 15) is 13.2 Å². The van der Waals surface area contributed by atoms with E-state index in [1.165, 1.54) is 42.9 Å². The Morgan fingerprint density at radius 3 is 2.60 bits per heavy atom. The fourth-order valence-electron chi connectivity index (χ4n) is 2.42. The Hall–Kier alpha value is -2.81. The van der Waals surface area contributed by atoms with Crippen LogP contribution in [0.25, 0.3) is 0 Å². The predicted molar refractivity (Wildman–Crippen MR) is 92.9 cm³/mol. The van der Waals surface area contributed by atoms with Crippen LogP contribution in [-0.4, -0.2) is 48.6 Å². The Balaban J connectivity index is 1.75. The summed E-state index contributed by atoms with van der Waals surface area (Å²) in [5.41, 5.74) is 0.634. The molecule has 1 amide bonds. The van der Waals surface area contributed by atoms with Crippen molar-refractivity contribution in [3.8, 4) is 0 Å². The van der Waals surface area contributed by atoms with Crippen molar-refractivity contribution in [1.82, 2.24) is 14.9 Å². The highest BCUT2D eigenvalue weighted by Crippen LogP contribution is 2.19. The molecule has 130 valence electrons. The third-order valence-electron chi connectivity index (χ3n) is 3.77. The lowest BCUT2D eigenvalue weighted by atomic mass is 10.3. The number of carbonyl (C=O) groups is 1. The second kappa shape index (κ2) is 6.98. The number of likely N-dealkylation sites (tertiary alicyclic amines) is 1. The van der Waals surface area contributed by atoms with Crippen LogP contribution in [0.5, 0.6) is 0 Å². The smallest absolute Gasteiger partial charge is 0.283 e. The lowest BCUT2D eigenvalue weighted by Gasteiger charge is -2.11. The Morgan fingerprint density at radius 1 is 1.24 bits per heavy atom. The lowest BCUT2D eigenvalue weighted by Crippen LogP contribution is -2.20. The van der Waals surface area contributed by atoms with Gasteiger partial charge in [-0.15, -0.1) is 4.40 Å². The van der Waals surface area contributed by atoms with Gasteiger partial charge in [-0.25, -0.2) is 4.98 Å². The predicted octanol–water partition coefficient (Wildman–Crippen LogP) is 1.54. The van der Waals surface area contributed by atoms with E-state index in [-0.39, 0.29) is 10.6 Å². The maximum Gasteiger partial charge on any atom is 0.283 e. The molecule has 25 heavy (non-hydrogen) atoms. The minimum atomic E-state index is -3.76. The van der Waals surface area contributed by atoms with E-state index in [1.807, 2.05) is 11.9 Å². The number of benzene rings is 1. The molecule has 0 bridgehead atoms. The summed E-state index contributed by atoms with van der Waals surface area (Å²) in [6, 6.07) is 5.86. The fraction of sp³-hybridized carbons (Fsp3) is 0.250. The molecule has 9 heteroatoms. The van der Waals surface area contributed by atoms with Crippen LogP contribution >= 0.6 is 0 Å². The van der Waals surface area contributed by atoms with Crippen LogP contribution < -0.4 is 5.32 Å². The zero-order chi connectivity index (χ0) is 17.9. The topological polar surface area (TPSA) is 105 Å². The molecule has 1 saturated heterocycles. The van der Waals surface area contributed by atoms with Crippen LogP contribution in [0.15, 0.2) is 52.1 Å². The van der Waals surface area contributed by atoms with Crippen LogP contribution in [0, 0.1) is 0 Å². The Morgan fingerprint density at radius 2 is 2.00 bits per heavy atom. The second-order valence-electron chi connectivity index (χ2n) is 5.58. The molecule has 3 rings (SSSR count). The van der Waals surface area contributed by atoms with Crippen molar-refractivity contribution in [2.45, 2.75) is 17.7 Å². The highest BCUT2D eigenvalue weighted by molar-refractivity contribution is 7.90. The first-order chi connectivity index (χ1) is 12.0. The molecule has 1 aliphatic rings. The van der Waals surface area contributed by atoms with Crippen LogP contribution in [0.4, 0.5) is 5.69 Å². The summed E-state index contributed by atoms with van der Waals surface area (Å²) in [5, 5.41) is 2.64. The van der Waals surface area contributed by atoms with Crippen molar-refractivity contribution in [2.24, 2.45) is 4.40 Å². The molecule has 1 aromatic carbocycles. The minimum Gasteiger partial charge on any atom is -0.362 e. The van der Waals surface area contributed by atoms with Gasteiger partial charge in [0.1, 0.15) is 11.5 Å². The minimum absolute atomic E-state index is 0.0813. The van der Waals surface area contributed by atoms with Crippen LogP contribution in [0.2, 0.25) is 0 Å². The summed E-state index contributed by atoms with van der Waals surface area (Å²) < 4.78 is 28.6. The number of aromatic nitrogens is 2. The Labute approximate surface area is 145 Å². The van der Waals surface area contributed by atoms with Gasteiger partial charge in [-0.05, 0) is 30.7 Å². The lowest BCUT2D eigenvalue weighted by molar-refractivity contribution is 0.102. The molecule has 0 aliphatic carbocycles. The molecular weight excluding hydrogens is 342 g/mol. The van der Waals surface area contributed by atoms with Gasteiger partial charge in [0.2, 0.25) is 0 Å². The van der Waals surface area contributed by atoms with Crippen LogP contribution in [-0.2, 0) is 10.0 Å². The number of anilines is 1. The maximum absolute atomic E-state index is 12.4. The van der Waals surface area contributed by atoms with Gasteiger partial charge in [-0.3, -0.25) is 9.78 Å². The number of rotatable bonds is 4. The molecule has 2 heterocycles. The average molecular weight is 359 g/mol. The van der Waals surface area contributed by atoms with E-state index in [0.717, 1.165) is 13.0 Å². The van der Waals surface area contributed by atoms with Gasteiger partial charge in [0.15, 0.2) is 0 Å². The fourth-order valence-corrected chi connectivity index (χ4v) is 3.52. The Kier molecular flexibility index (Phi) is 4.75. The molecule has 1 N–H and O–H groups in total. The largest absolute Gasteiger partial charge is 0.362 e. The first kappa shape index (κ1) is 17.0. The summed E-state index contributed by atoms with van der Waals surface area (Å²) >= 11 is 0. The molecule has 0 radical (unpaired) electrons. The van der Waals surface area contributed by atoms with E-state index >= 15 is 0 Å². The number of nitrogens with one attached hydrogen (secondary N) is 1. The SMILES string of the molecule is CN1CCC/C1=N\S(=O)(=O)c1ccc(NC(=O)c2cnccn2)cc1. The molecule has 1 fully saturated rings. The monoisotopic (exact) mass is 359 g/mol. The first-order valence-corrected chi connectivity index (χ1v) is 9.12. The highest BCUT2D eigenvalue weighted by Gasteiger charge is 2.20. The number of carbonyl (C=O) groups excluding carboxylic acids is 1. The quantitative estimate of drug-likeness (QED) is 0.888. The first-order valence-electron chi connectivity index (χ1n) is 7.68. The van der Waals surface area contributed by atoms with Crippen molar-refractivity contribution >= 4 is 27.5 Å². The highest BCUT2D eigenvalue weighted by atomic mass is 32.2. The molecule has 0 saturated carbocycles. The third-order valence-corrected chi connectivity index (χ3v) is 5.08. The van der Waals surface area contributed by atoms with E-state index in [4.69, 9.17) is 0 Å². The van der Waals surface area contributed by atoms with Gasteiger partial charge < -0.3 is 10.2 Å².